The maximum atomic E-state index is 13.5. The van der Waals surface area contributed by atoms with Crippen LogP contribution >= 0.6 is 0 Å². The predicted octanol–water partition coefficient (Wildman–Crippen LogP) is 1.76. The van der Waals surface area contributed by atoms with E-state index in [0.717, 1.165) is 0 Å². The molecule has 0 spiro atoms. The lowest BCUT2D eigenvalue weighted by molar-refractivity contribution is -0.142. The Labute approximate surface area is 173 Å². The van der Waals surface area contributed by atoms with Gasteiger partial charge >= 0.3 is 0 Å². The van der Waals surface area contributed by atoms with Gasteiger partial charge in [0.25, 0.3) is 0 Å². The second-order valence-corrected chi connectivity index (χ2v) is 8.49. The second-order valence-electron chi connectivity index (χ2n) is 8.49. The summed E-state index contributed by atoms with van der Waals surface area (Å²) in [5.74, 6) is 0.228. The molecule has 1 aromatic rings. The van der Waals surface area contributed by atoms with Crippen molar-refractivity contribution in [1.82, 2.24) is 14.7 Å². The number of likely N-dealkylation sites (N-methyl/N-ethyl adjacent to an activating group) is 1. The first kappa shape index (κ1) is 22.9. The normalized spacial score (nSPS) is 19.4. The predicted molar refractivity (Wildman–Crippen MR) is 112 cm³/mol. The van der Waals surface area contributed by atoms with E-state index in [9.17, 15) is 14.4 Å². The van der Waals surface area contributed by atoms with Gasteiger partial charge in [-0.15, -0.1) is 0 Å². The lowest BCUT2D eigenvalue weighted by atomic mass is 9.75. The average Bonchev–Trinajstić information content (AvgIpc) is 2.89. The van der Waals surface area contributed by atoms with Crippen molar-refractivity contribution in [3.05, 3.63) is 29.8 Å². The van der Waals surface area contributed by atoms with E-state index in [2.05, 4.69) is 0 Å². The number of rotatable bonds is 9. The Morgan fingerprint density at radius 1 is 1.24 bits per heavy atom. The Bertz CT molecular complexity index is 762. The Morgan fingerprint density at radius 3 is 2.52 bits per heavy atom. The molecule has 3 amide bonds. The molecule has 0 N–H and O–H groups in total. The quantitative estimate of drug-likeness (QED) is 0.588. The fourth-order valence-electron chi connectivity index (χ4n) is 3.76. The number of carbonyl (C=O) groups is 3. The fourth-order valence-corrected chi connectivity index (χ4v) is 3.76. The number of imide groups is 1. The first-order chi connectivity index (χ1) is 13.6. The van der Waals surface area contributed by atoms with E-state index < -0.39 is 5.41 Å². The molecule has 0 bridgehead atoms. The van der Waals surface area contributed by atoms with Gasteiger partial charge in [-0.1, -0.05) is 26.0 Å². The van der Waals surface area contributed by atoms with E-state index >= 15 is 0 Å². The maximum Gasteiger partial charge on any atom is 0.240 e. The summed E-state index contributed by atoms with van der Waals surface area (Å²) in [6, 6.07) is 7.14. The van der Waals surface area contributed by atoms with Crippen LogP contribution in [-0.2, 0) is 19.8 Å². The standard InChI is InChI=1S/C22H33N3O4/c1-16(2)15-24(5)19(26)13-22(17-8-7-9-18(12-17)29-6)14-20(27)25(21(22)28)11-10-23(3)4/h7-9,12,16H,10-11,13-15H2,1-6H3/t22-/m0/s1. The third-order valence-electron chi connectivity index (χ3n) is 5.32. The molecule has 1 heterocycles. The number of hydrogen-bond acceptors (Lipinski definition) is 5. The van der Waals surface area contributed by atoms with Crippen molar-refractivity contribution in [1.29, 1.82) is 0 Å². The number of carbonyl (C=O) groups excluding carboxylic acids is 3. The third kappa shape index (κ3) is 5.15. The van der Waals surface area contributed by atoms with Crippen LogP contribution in [0, 0.1) is 5.92 Å². The van der Waals surface area contributed by atoms with Crippen LogP contribution in [0.3, 0.4) is 0 Å². The minimum Gasteiger partial charge on any atom is -0.497 e. The molecule has 0 saturated carbocycles. The minimum atomic E-state index is -1.19. The van der Waals surface area contributed by atoms with Gasteiger partial charge in [-0.05, 0) is 37.7 Å². The zero-order chi connectivity index (χ0) is 21.8. The molecule has 2 rings (SSSR count). The topological polar surface area (TPSA) is 70.2 Å². The van der Waals surface area contributed by atoms with Crippen LogP contribution in [-0.4, -0.2) is 80.3 Å². The van der Waals surface area contributed by atoms with Crippen LogP contribution < -0.4 is 4.74 Å². The van der Waals surface area contributed by atoms with Crippen LogP contribution in [0.25, 0.3) is 0 Å². The molecular weight excluding hydrogens is 370 g/mol. The molecule has 1 fully saturated rings. The van der Waals surface area contributed by atoms with Gasteiger partial charge in [0.2, 0.25) is 17.7 Å². The zero-order valence-electron chi connectivity index (χ0n) is 18.4. The molecule has 0 aliphatic carbocycles. The molecule has 0 radical (unpaired) electrons. The monoisotopic (exact) mass is 403 g/mol. The number of likely N-dealkylation sites (tertiary alicyclic amines) is 1. The number of nitrogens with zero attached hydrogens (tertiary/aromatic N) is 3. The van der Waals surface area contributed by atoms with E-state index in [4.69, 9.17) is 4.74 Å². The highest BCUT2D eigenvalue weighted by Crippen LogP contribution is 2.41. The van der Waals surface area contributed by atoms with E-state index in [1.165, 1.54) is 4.90 Å². The van der Waals surface area contributed by atoms with Gasteiger partial charge in [-0.3, -0.25) is 19.3 Å². The van der Waals surface area contributed by atoms with Gasteiger partial charge in [0.05, 0.1) is 12.5 Å². The number of amides is 3. The Kier molecular flexibility index (Phi) is 7.41. The largest absolute Gasteiger partial charge is 0.497 e. The van der Waals surface area contributed by atoms with Crippen LogP contribution in [0.4, 0.5) is 0 Å². The number of benzene rings is 1. The lowest BCUT2D eigenvalue weighted by Crippen LogP contribution is -2.44. The molecule has 7 heteroatoms. The second kappa shape index (κ2) is 9.39. The number of hydrogen-bond donors (Lipinski definition) is 0. The van der Waals surface area contributed by atoms with Crippen molar-refractivity contribution < 1.29 is 19.1 Å². The Balaban J connectivity index is 2.42. The summed E-state index contributed by atoms with van der Waals surface area (Å²) in [5.41, 5.74) is -0.547. The summed E-state index contributed by atoms with van der Waals surface area (Å²) in [5, 5.41) is 0. The molecule has 0 aromatic heterocycles. The summed E-state index contributed by atoms with van der Waals surface area (Å²) in [6.45, 7) is 5.56. The van der Waals surface area contributed by atoms with E-state index in [-0.39, 0.29) is 30.6 Å². The highest BCUT2D eigenvalue weighted by atomic mass is 16.5. The highest BCUT2D eigenvalue weighted by molar-refractivity contribution is 6.10. The molecule has 1 saturated heterocycles. The Hall–Kier alpha value is -2.41. The van der Waals surface area contributed by atoms with Gasteiger partial charge in [0.15, 0.2) is 0 Å². The molecule has 1 aliphatic heterocycles. The SMILES string of the molecule is COc1cccc([C@]2(CC(=O)N(C)CC(C)C)CC(=O)N(CCN(C)C)C2=O)c1. The van der Waals surface area contributed by atoms with Crippen LogP contribution in [0.15, 0.2) is 24.3 Å². The molecule has 1 atom stereocenters. The molecule has 1 aromatic carbocycles. The number of methoxy groups -OCH3 is 1. The summed E-state index contributed by atoms with van der Waals surface area (Å²) >= 11 is 0. The molecule has 0 unspecified atom stereocenters. The summed E-state index contributed by atoms with van der Waals surface area (Å²) in [7, 11) is 7.08. The van der Waals surface area contributed by atoms with Crippen molar-refractivity contribution in [3.63, 3.8) is 0 Å². The summed E-state index contributed by atoms with van der Waals surface area (Å²) in [4.78, 5) is 44.2. The van der Waals surface area contributed by atoms with Crippen molar-refractivity contribution in [3.8, 4) is 5.75 Å². The molecule has 1 aliphatic rings. The van der Waals surface area contributed by atoms with E-state index in [0.29, 0.717) is 36.9 Å². The summed E-state index contributed by atoms with van der Waals surface area (Å²) < 4.78 is 5.32. The zero-order valence-corrected chi connectivity index (χ0v) is 18.4. The van der Waals surface area contributed by atoms with Crippen LogP contribution in [0.5, 0.6) is 5.75 Å². The third-order valence-corrected chi connectivity index (χ3v) is 5.32. The Morgan fingerprint density at radius 2 is 1.93 bits per heavy atom. The van der Waals surface area contributed by atoms with Gasteiger partial charge in [0.1, 0.15) is 5.75 Å². The highest BCUT2D eigenvalue weighted by Gasteiger charge is 2.54. The van der Waals surface area contributed by atoms with Crippen molar-refractivity contribution in [2.75, 3.05) is 47.9 Å². The lowest BCUT2D eigenvalue weighted by Gasteiger charge is -2.30. The van der Waals surface area contributed by atoms with Gasteiger partial charge < -0.3 is 14.5 Å². The van der Waals surface area contributed by atoms with Gasteiger partial charge in [0, 0.05) is 39.5 Å². The smallest absolute Gasteiger partial charge is 0.240 e. The molecule has 160 valence electrons. The van der Waals surface area contributed by atoms with Crippen molar-refractivity contribution in [2.24, 2.45) is 5.92 Å². The fraction of sp³-hybridized carbons (Fsp3) is 0.591. The minimum absolute atomic E-state index is 0.00626. The molecule has 29 heavy (non-hydrogen) atoms. The van der Waals surface area contributed by atoms with E-state index in [1.807, 2.05) is 32.8 Å². The van der Waals surface area contributed by atoms with Crippen LogP contribution in [0.2, 0.25) is 0 Å². The molecular formula is C22H33N3O4. The van der Waals surface area contributed by atoms with Crippen molar-refractivity contribution >= 4 is 17.7 Å². The van der Waals surface area contributed by atoms with E-state index in [1.54, 1.807) is 43.3 Å². The summed E-state index contributed by atoms with van der Waals surface area (Å²) in [6.07, 6.45) is -0.0416. The average molecular weight is 404 g/mol. The maximum absolute atomic E-state index is 13.5. The van der Waals surface area contributed by atoms with Crippen LogP contribution in [0.1, 0.15) is 32.3 Å². The first-order valence-corrected chi connectivity index (χ1v) is 9.98. The van der Waals surface area contributed by atoms with Gasteiger partial charge in [-0.25, -0.2) is 0 Å². The first-order valence-electron chi connectivity index (χ1n) is 9.98. The molecule has 7 nitrogen and oxygen atoms in total. The number of ether oxygens (including phenoxy) is 1. The van der Waals surface area contributed by atoms with Crippen molar-refractivity contribution in [2.45, 2.75) is 32.1 Å². The van der Waals surface area contributed by atoms with Gasteiger partial charge in [-0.2, -0.15) is 0 Å².